The first-order valence-corrected chi connectivity index (χ1v) is 7.76. The average Bonchev–Trinajstić information content (AvgIpc) is 2.88. The van der Waals surface area contributed by atoms with Gasteiger partial charge in [-0.25, -0.2) is 0 Å². The van der Waals surface area contributed by atoms with Crippen LogP contribution >= 0.6 is 0 Å². The van der Waals surface area contributed by atoms with E-state index in [0.29, 0.717) is 6.54 Å². The molecule has 20 heavy (non-hydrogen) atoms. The molecule has 0 spiro atoms. The van der Waals surface area contributed by atoms with Gasteiger partial charge >= 0.3 is 0 Å². The second kappa shape index (κ2) is 7.21. The van der Waals surface area contributed by atoms with Crippen molar-refractivity contribution >= 4 is 0 Å². The molecule has 1 aliphatic heterocycles. The number of nitrogens with two attached hydrogens (primary N) is 1. The molecule has 3 unspecified atom stereocenters. The smallest absolute Gasteiger partial charge is 0.0820 e. The normalized spacial score (nSPS) is 23.1. The molecule has 0 amide bonds. The quantitative estimate of drug-likeness (QED) is 0.834. The number of hydrogen-bond acceptors (Lipinski definition) is 3. The van der Waals surface area contributed by atoms with E-state index in [1.807, 2.05) is 18.2 Å². The average molecular weight is 276 g/mol. The molecule has 1 saturated heterocycles. The minimum atomic E-state index is -0.443. The van der Waals surface area contributed by atoms with Crippen LogP contribution in [0.2, 0.25) is 0 Å². The van der Waals surface area contributed by atoms with Gasteiger partial charge in [0.15, 0.2) is 0 Å². The van der Waals surface area contributed by atoms with E-state index in [-0.39, 0.29) is 6.04 Å². The number of β-amino-alcohol motifs (C(OH)–C–C–N with tert-alkyl or cyclic N) is 1. The number of aliphatic hydroxyl groups is 1. The molecular weight excluding hydrogens is 248 g/mol. The summed E-state index contributed by atoms with van der Waals surface area (Å²) in [5.74, 6) is 1.50. The number of hydrogen-bond donors (Lipinski definition) is 2. The van der Waals surface area contributed by atoms with Gasteiger partial charge in [-0.2, -0.15) is 0 Å². The van der Waals surface area contributed by atoms with E-state index in [0.717, 1.165) is 31.3 Å². The Bertz CT molecular complexity index is 393. The predicted molar refractivity (Wildman–Crippen MR) is 83.5 cm³/mol. The van der Waals surface area contributed by atoms with Crippen molar-refractivity contribution in [3.05, 3.63) is 35.9 Å². The Balaban J connectivity index is 1.78. The first-order valence-electron chi connectivity index (χ1n) is 7.76. The summed E-state index contributed by atoms with van der Waals surface area (Å²) in [5.41, 5.74) is 7.34. The summed E-state index contributed by atoms with van der Waals surface area (Å²) in [5, 5.41) is 10.3. The van der Waals surface area contributed by atoms with E-state index in [2.05, 4.69) is 30.9 Å². The van der Waals surface area contributed by atoms with E-state index in [9.17, 15) is 5.11 Å². The highest BCUT2D eigenvalue weighted by molar-refractivity contribution is 5.16. The van der Waals surface area contributed by atoms with Crippen molar-refractivity contribution < 1.29 is 5.11 Å². The third-order valence-corrected chi connectivity index (χ3v) is 4.51. The molecule has 1 aliphatic rings. The van der Waals surface area contributed by atoms with Crippen LogP contribution in [0.5, 0.6) is 0 Å². The minimum absolute atomic E-state index is 0.185. The van der Waals surface area contributed by atoms with Crippen molar-refractivity contribution in [2.45, 2.75) is 38.8 Å². The highest BCUT2D eigenvalue weighted by Crippen LogP contribution is 2.23. The first kappa shape index (κ1) is 15.5. The molecule has 3 atom stereocenters. The van der Waals surface area contributed by atoms with Crippen molar-refractivity contribution in [2.24, 2.45) is 17.6 Å². The molecule has 0 radical (unpaired) electrons. The fraction of sp³-hybridized carbons (Fsp3) is 0.647. The standard InChI is InChI=1S/C17H28N2O/c1-13(2)15-8-9-19(11-15)12-17(20)16(18)10-14-6-4-3-5-7-14/h3-7,13,15-17,20H,8-12,18H2,1-2H3. The van der Waals surface area contributed by atoms with Gasteiger partial charge < -0.3 is 15.7 Å². The van der Waals surface area contributed by atoms with Crippen LogP contribution in [0, 0.1) is 11.8 Å². The van der Waals surface area contributed by atoms with Gasteiger partial charge in [-0.1, -0.05) is 44.2 Å². The molecule has 112 valence electrons. The zero-order valence-electron chi connectivity index (χ0n) is 12.7. The Morgan fingerprint density at radius 3 is 2.60 bits per heavy atom. The molecule has 3 N–H and O–H groups in total. The van der Waals surface area contributed by atoms with Gasteiger partial charge in [0, 0.05) is 19.1 Å². The lowest BCUT2D eigenvalue weighted by Crippen LogP contribution is -2.44. The molecule has 1 aromatic rings. The zero-order chi connectivity index (χ0) is 14.5. The molecule has 3 heteroatoms. The summed E-state index contributed by atoms with van der Waals surface area (Å²) in [6.07, 6.45) is 1.54. The summed E-state index contributed by atoms with van der Waals surface area (Å²) in [6, 6.07) is 9.98. The lowest BCUT2D eigenvalue weighted by Gasteiger charge is -2.25. The fourth-order valence-corrected chi connectivity index (χ4v) is 2.99. The third kappa shape index (κ3) is 4.30. The minimum Gasteiger partial charge on any atom is -0.390 e. The van der Waals surface area contributed by atoms with E-state index in [4.69, 9.17) is 5.73 Å². The maximum atomic E-state index is 10.3. The number of benzene rings is 1. The topological polar surface area (TPSA) is 49.5 Å². The molecule has 2 rings (SSSR count). The van der Waals surface area contributed by atoms with Gasteiger partial charge in [-0.3, -0.25) is 0 Å². The zero-order valence-corrected chi connectivity index (χ0v) is 12.7. The van der Waals surface area contributed by atoms with Crippen molar-refractivity contribution in [1.29, 1.82) is 0 Å². The van der Waals surface area contributed by atoms with Crippen LogP contribution in [0.3, 0.4) is 0 Å². The molecule has 0 aliphatic carbocycles. The molecule has 0 saturated carbocycles. The highest BCUT2D eigenvalue weighted by atomic mass is 16.3. The lowest BCUT2D eigenvalue weighted by atomic mass is 9.95. The first-order chi connectivity index (χ1) is 9.56. The molecule has 0 bridgehead atoms. The van der Waals surface area contributed by atoms with Crippen molar-refractivity contribution in [3.8, 4) is 0 Å². The Labute approximate surface area is 122 Å². The van der Waals surface area contributed by atoms with Crippen LogP contribution in [-0.4, -0.2) is 41.8 Å². The van der Waals surface area contributed by atoms with E-state index in [1.54, 1.807) is 0 Å². The van der Waals surface area contributed by atoms with Crippen LogP contribution in [0.25, 0.3) is 0 Å². The highest BCUT2D eigenvalue weighted by Gasteiger charge is 2.27. The van der Waals surface area contributed by atoms with Crippen LogP contribution in [0.4, 0.5) is 0 Å². The van der Waals surface area contributed by atoms with Crippen LogP contribution in [-0.2, 0) is 6.42 Å². The van der Waals surface area contributed by atoms with Gasteiger partial charge in [0.05, 0.1) is 6.10 Å². The molecule has 1 fully saturated rings. The van der Waals surface area contributed by atoms with Gasteiger partial charge in [0.1, 0.15) is 0 Å². The molecular formula is C17H28N2O. The van der Waals surface area contributed by atoms with Crippen LogP contribution in [0.15, 0.2) is 30.3 Å². The van der Waals surface area contributed by atoms with E-state index in [1.165, 1.54) is 12.0 Å². The second-order valence-corrected chi connectivity index (χ2v) is 6.47. The molecule has 1 aromatic carbocycles. The monoisotopic (exact) mass is 276 g/mol. The third-order valence-electron chi connectivity index (χ3n) is 4.51. The molecule has 1 heterocycles. The second-order valence-electron chi connectivity index (χ2n) is 6.47. The number of aliphatic hydroxyl groups excluding tert-OH is 1. The van der Waals surface area contributed by atoms with Gasteiger partial charge in [-0.05, 0) is 36.8 Å². The Hall–Kier alpha value is -0.900. The molecule has 0 aromatic heterocycles. The number of nitrogens with zero attached hydrogens (tertiary/aromatic N) is 1. The SMILES string of the molecule is CC(C)C1CCN(CC(O)C(N)Cc2ccccc2)C1. The summed E-state index contributed by atoms with van der Waals surface area (Å²) >= 11 is 0. The van der Waals surface area contributed by atoms with Gasteiger partial charge in [-0.15, -0.1) is 0 Å². The van der Waals surface area contributed by atoms with Gasteiger partial charge in [0.2, 0.25) is 0 Å². The fourth-order valence-electron chi connectivity index (χ4n) is 2.99. The van der Waals surface area contributed by atoms with Crippen molar-refractivity contribution in [2.75, 3.05) is 19.6 Å². The lowest BCUT2D eigenvalue weighted by molar-refractivity contribution is 0.0985. The Morgan fingerprint density at radius 1 is 1.30 bits per heavy atom. The summed E-state index contributed by atoms with van der Waals surface area (Å²) < 4.78 is 0. The van der Waals surface area contributed by atoms with Crippen molar-refractivity contribution in [3.63, 3.8) is 0 Å². The van der Waals surface area contributed by atoms with Crippen LogP contribution < -0.4 is 5.73 Å². The molecule has 3 nitrogen and oxygen atoms in total. The van der Waals surface area contributed by atoms with E-state index >= 15 is 0 Å². The number of rotatable bonds is 6. The van der Waals surface area contributed by atoms with Gasteiger partial charge in [0.25, 0.3) is 0 Å². The van der Waals surface area contributed by atoms with Crippen LogP contribution in [0.1, 0.15) is 25.8 Å². The maximum Gasteiger partial charge on any atom is 0.0820 e. The summed E-state index contributed by atoms with van der Waals surface area (Å²) in [4.78, 5) is 2.36. The summed E-state index contributed by atoms with van der Waals surface area (Å²) in [7, 11) is 0. The van der Waals surface area contributed by atoms with Crippen molar-refractivity contribution in [1.82, 2.24) is 4.90 Å². The number of likely N-dealkylation sites (tertiary alicyclic amines) is 1. The van der Waals surface area contributed by atoms with E-state index < -0.39 is 6.10 Å². The predicted octanol–water partition coefficient (Wildman–Crippen LogP) is 1.90. The maximum absolute atomic E-state index is 10.3. The Morgan fingerprint density at radius 2 is 2.00 bits per heavy atom. The summed E-state index contributed by atoms with van der Waals surface area (Å²) in [6.45, 7) is 7.47. The Kier molecular flexibility index (Phi) is 5.58. The largest absolute Gasteiger partial charge is 0.390 e.